The number of nitrogens with one attached hydrogen (secondary N) is 2. The Balaban J connectivity index is 1.85. The summed E-state index contributed by atoms with van der Waals surface area (Å²) in [4.78, 5) is 0. The van der Waals surface area contributed by atoms with Crippen molar-refractivity contribution >= 4 is 49.7 Å². The molecule has 3 N–H and O–H groups in total. The van der Waals surface area contributed by atoms with Gasteiger partial charge in [0, 0.05) is 16.7 Å². The second kappa shape index (κ2) is 8.54. The number of aliphatic hydroxyl groups excluding tert-OH is 1. The smallest absolute Gasteiger partial charge is 0.238 e. The summed E-state index contributed by atoms with van der Waals surface area (Å²) in [7, 11) is -2.79. The maximum absolute atomic E-state index is 14.8. The Morgan fingerprint density at radius 1 is 1.25 bits per heavy atom. The van der Waals surface area contributed by atoms with E-state index in [4.69, 9.17) is 9.47 Å². The lowest BCUT2D eigenvalue weighted by molar-refractivity contribution is -0.0374. The molecule has 1 spiro atoms. The Labute approximate surface area is 196 Å². The Hall–Kier alpha value is -1.77. The van der Waals surface area contributed by atoms with Gasteiger partial charge in [0.15, 0.2) is 11.6 Å². The van der Waals surface area contributed by atoms with Gasteiger partial charge in [0.05, 0.1) is 16.5 Å². The first-order valence-corrected chi connectivity index (χ1v) is 12.2. The van der Waals surface area contributed by atoms with Gasteiger partial charge in [-0.15, -0.1) is 0 Å². The fraction of sp³-hybridized carbons (Fsp3) is 0.400. The maximum Gasteiger partial charge on any atom is 0.238 e. The quantitative estimate of drug-likeness (QED) is 0.475. The van der Waals surface area contributed by atoms with Gasteiger partial charge >= 0.3 is 0 Å². The molecular weight excluding hydrogens is 564 g/mol. The van der Waals surface area contributed by atoms with E-state index in [0.29, 0.717) is 22.5 Å². The Bertz CT molecular complexity index is 1160. The van der Waals surface area contributed by atoms with E-state index in [0.717, 1.165) is 0 Å². The molecule has 0 amide bonds. The Morgan fingerprint density at radius 3 is 2.59 bits per heavy atom. The molecule has 4 rings (SSSR count). The van der Waals surface area contributed by atoms with Gasteiger partial charge in [-0.25, -0.2) is 21.6 Å². The van der Waals surface area contributed by atoms with Gasteiger partial charge in [0.25, 0.3) is 0 Å². The van der Waals surface area contributed by atoms with E-state index >= 15 is 0 Å². The second-order valence-electron chi connectivity index (χ2n) is 7.81. The minimum atomic E-state index is -4.14. The molecule has 0 unspecified atom stereocenters. The summed E-state index contributed by atoms with van der Waals surface area (Å²) >= 11 is 1.89. The van der Waals surface area contributed by atoms with Crippen LogP contribution in [-0.4, -0.2) is 44.2 Å². The number of aliphatic hydroxyl groups is 1. The molecule has 1 saturated carbocycles. The number of methoxy groups -OCH3 is 1. The number of hydrogen-bond donors (Lipinski definition) is 3. The van der Waals surface area contributed by atoms with E-state index in [1.165, 1.54) is 19.2 Å². The molecule has 1 aliphatic carbocycles. The van der Waals surface area contributed by atoms with Crippen molar-refractivity contribution < 1.29 is 36.2 Å². The zero-order valence-corrected chi connectivity index (χ0v) is 19.8. The van der Waals surface area contributed by atoms with Crippen molar-refractivity contribution in [3.8, 4) is 5.75 Å². The molecule has 1 heterocycles. The molecule has 7 nitrogen and oxygen atoms in total. The molecule has 174 valence electrons. The lowest BCUT2D eigenvalue weighted by atomic mass is 10.1. The molecule has 12 heteroatoms. The largest absolute Gasteiger partial charge is 0.488 e. The normalized spacial score (nSPS) is 23.6. The van der Waals surface area contributed by atoms with E-state index in [9.17, 15) is 26.7 Å². The van der Waals surface area contributed by atoms with Crippen molar-refractivity contribution in [2.75, 3.05) is 23.8 Å². The minimum Gasteiger partial charge on any atom is -0.488 e. The van der Waals surface area contributed by atoms with Crippen molar-refractivity contribution in [3.05, 3.63) is 45.3 Å². The summed E-state index contributed by atoms with van der Waals surface area (Å²) < 4.78 is 82.4. The SMILES string of the molecule is CO[C@@H]1CC2(CC2)S(=O)(=O)Nc2c(cc(F)c(F)c2Nc2ccc(I)cc2F)OC[C@@H]1O. The van der Waals surface area contributed by atoms with Crippen LogP contribution in [0.25, 0.3) is 0 Å². The van der Waals surface area contributed by atoms with E-state index < -0.39 is 55.8 Å². The molecule has 0 radical (unpaired) electrons. The van der Waals surface area contributed by atoms with Crippen LogP contribution in [0.3, 0.4) is 0 Å². The number of hydrogen-bond acceptors (Lipinski definition) is 6. The van der Waals surface area contributed by atoms with Gasteiger partial charge in [-0.2, -0.15) is 0 Å². The second-order valence-corrected chi connectivity index (χ2v) is 11.1. The summed E-state index contributed by atoms with van der Waals surface area (Å²) in [6.07, 6.45) is -1.43. The number of anilines is 3. The first kappa shape index (κ1) is 23.4. The third-order valence-corrected chi connectivity index (χ3v) is 8.56. The molecule has 0 saturated heterocycles. The first-order valence-electron chi connectivity index (χ1n) is 9.67. The highest BCUT2D eigenvalue weighted by molar-refractivity contribution is 14.1. The molecule has 0 aromatic heterocycles. The van der Waals surface area contributed by atoms with Crippen molar-refractivity contribution in [2.24, 2.45) is 0 Å². The van der Waals surface area contributed by atoms with Crippen LogP contribution in [0.4, 0.5) is 30.2 Å². The van der Waals surface area contributed by atoms with Crippen LogP contribution in [0.2, 0.25) is 0 Å². The van der Waals surface area contributed by atoms with Crippen molar-refractivity contribution in [2.45, 2.75) is 36.2 Å². The monoisotopic (exact) mass is 584 g/mol. The van der Waals surface area contributed by atoms with Gasteiger partial charge in [-0.1, -0.05) is 0 Å². The standard InChI is InChI=1S/C20H20F3IN2O5S/c1-30-16-8-20(4-5-20)32(28,29)26-18-15(31-9-14(16)27)7-12(22)17(23)19(18)25-13-3-2-10(24)6-11(13)21/h2-3,6-7,14,16,25-27H,4-5,8-9H2,1H3/t14-,16+/m0/s1. The van der Waals surface area contributed by atoms with Crippen molar-refractivity contribution in [1.82, 2.24) is 0 Å². The summed E-state index contributed by atoms with van der Waals surface area (Å²) in [5.41, 5.74) is -1.22. The molecule has 2 aliphatic rings. The minimum absolute atomic E-state index is 0.00309. The molecule has 32 heavy (non-hydrogen) atoms. The average Bonchev–Trinajstić information content (AvgIpc) is 3.52. The summed E-state index contributed by atoms with van der Waals surface area (Å²) in [5.74, 6) is -3.85. The van der Waals surface area contributed by atoms with Crippen molar-refractivity contribution in [3.63, 3.8) is 0 Å². The summed E-state index contributed by atoms with van der Waals surface area (Å²) in [6.45, 7) is -0.355. The molecule has 1 aliphatic heterocycles. The fourth-order valence-corrected chi connectivity index (χ4v) is 5.82. The van der Waals surface area contributed by atoms with Gasteiger partial charge in [-0.05, 0) is 60.1 Å². The highest BCUT2D eigenvalue weighted by Gasteiger charge is 2.57. The first-order chi connectivity index (χ1) is 15.1. The Morgan fingerprint density at radius 2 is 1.97 bits per heavy atom. The predicted molar refractivity (Wildman–Crippen MR) is 120 cm³/mol. The number of benzene rings is 2. The average molecular weight is 584 g/mol. The van der Waals surface area contributed by atoms with E-state index in [1.807, 2.05) is 22.6 Å². The molecule has 1 fully saturated rings. The van der Waals surface area contributed by atoms with Crippen LogP contribution >= 0.6 is 22.6 Å². The molecule has 0 bridgehead atoms. The zero-order valence-electron chi connectivity index (χ0n) is 16.8. The number of ether oxygens (including phenoxy) is 2. The van der Waals surface area contributed by atoms with Gasteiger partial charge in [0.2, 0.25) is 10.0 Å². The summed E-state index contributed by atoms with van der Waals surface area (Å²) in [5, 5.41) is 12.9. The van der Waals surface area contributed by atoms with Crippen LogP contribution in [0.1, 0.15) is 19.3 Å². The highest BCUT2D eigenvalue weighted by Crippen LogP contribution is 2.51. The molecule has 2 aromatic rings. The number of halogens is 4. The Kier molecular flexibility index (Phi) is 6.24. The van der Waals surface area contributed by atoms with Crippen LogP contribution in [0.5, 0.6) is 5.75 Å². The zero-order chi connectivity index (χ0) is 23.3. The third-order valence-electron chi connectivity index (χ3n) is 5.70. The number of fused-ring (bicyclic) bond motifs is 1. The molecule has 2 atom stereocenters. The van der Waals surface area contributed by atoms with E-state index in [1.54, 1.807) is 6.07 Å². The maximum atomic E-state index is 14.8. The van der Waals surface area contributed by atoms with Crippen LogP contribution in [0, 0.1) is 21.0 Å². The van der Waals surface area contributed by atoms with Gasteiger partial charge < -0.3 is 19.9 Å². The highest BCUT2D eigenvalue weighted by atomic mass is 127. The van der Waals surface area contributed by atoms with E-state index in [-0.39, 0.29) is 24.5 Å². The lowest BCUT2D eigenvalue weighted by Gasteiger charge is -2.30. The van der Waals surface area contributed by atoms with Crippen molar-refractivity contribution in [1.29, 1.82) is 0 Å². The third kappa shape index (κ3) is 4.24. The van der Waals surface area contributed by atoms with Crippen LogP contribution in [0.15, 0.2) is 24.3 Å². The predicted octanol–water partition coefficient (Wildman–Crippen LogP) is 3.88. The number of rotatable bonds is 3. The van der Waals surface area contributed by atoms with E-state index in [2.05, 4.69) is 10.0 Å². The molecular formula is C20H20F3IN2O5S. The fourth-order valence-electron chi connectivity index (χ4n) is 3.65. The summed E-state index contributed by atoms with van der Waals surface area (Å²) in [6, 6.07) is 4.72. The van der Waals surface area contributed by atoms with Gasteiger partial charge in [0.1, 0.15) is 35.7 Å². The lowest BCUT2D eigenvalue weighted by Crippen LogP contribution is -2.42. The van der Waals surface area contributed by atoms with Crippen LogP contribution < -0.4 is 14.8 Å². The van der Waals surface area contributed by atoms with Crippen LogP contribution in [-0.2, 0) is 14.8 Å². The molecule has 2 aromatic carbocycles. The topological polar surface area (TPSA) is 96.9 Å². The number of sulfonamides is 1. The van der Waals surface area contributed by atoms with Gasteiger partial charge in [-0.3, -0.25) is 4.72 Å².